The van der Waals surface area contributed by atoms with Crippen LogP contribution in [0.15, 0.2) is 24.4 Å². The van der Waals surface area contributed by atoms with Crippen LogP contribution >= 0.6 is 11.6 Å². The predicted octanol–water partition coefficient (Wildman–Crippen LogP) is 1.63. The van der Waals surface area contributed by atoms with Crippen LogP contribution in [0.3, 0.4) is 0 Å². The molecule has 1 amide bonds. The van der Waals surface area contributed by atoms with Crippen molar-refractivity contribution < 1.29 is 19.1 Å². The first kappa shape index (κ1) is 13.5. The summed E-state index contributed by atoms with van der Waals surface area (Å²) >= 11 is 5.70. The minimum Gasteiger partial charge on any atom is -0.481 e. The number of hydrogen-bond acceptors (Lipinski definition) is 3. The lowest BCUT2D eigenvalue weighted by atomic mass is 10.1. The van der Waals surface area contributed by atoms with E-state index in [2.05, 4.69) is 10.3 Å². The Hall–Kier alpha value is -1.95. The molecule has 7 heteroatoms. The highest BCUT2D eigenvalue weighted by Crippen LogP contribution is 2.19. The molecule has 1 aromatic heterocycles. The molecule has 2 atom stereocenters. The fourth-order valence-electron chi connectivity index (χ4n) is 1.82. The zero-order valence-electron chi connectivity index (χ0n) is 9.64. The third-order valence-electron chi connectivity index (χ3n) is 2.77. The maximum atomic E-state index is 13.0. The molecule has 0 fully saturated rings. The van der Waals surface area contributed by atoms with Crippen molar-refractivity contribution in [1.82, 2.24) is 10.3 Å². The lowest BCUT2D eigenvalue weighted by Gasteiger charge is -2.12. The van der Waals surface area contributed by atoms with Crippen molar-refractivity contribution in [3.8, 4) is 0 Å². The molecule has 1 heterocycles. The van der Waals surface area contributed by atoms with E-state index >= 15 is 0 Å². The molecule has 0 aromatic carbocycles. The average Bonchev–Trinajstić information content (AvgIpc) is 2.80. The number of amides is 1. The van der Waals surface area contributed by atoms with Crippen LogP contribution < -0.4 is 5.32 Å². The normalized spacial score (nSPS) is 21.4. The molecular weight excluding hydrogens is 275 g/mol. The van der Waals surface area contributed by atoms with Gasteiger partial charge in [0.25, 0.3) is 5.91 Å². The van der Waals surface area contributed by atoms with E-state index in [-0.39, 0.29) is 17.1 Å². The van der Waals surface area contributed by atoms with Crippen LogP contribution in [0.25, 0.3) is 0 Å². The van der Waals surface area contributed by atoms with Crippen LogP contribution in [0.4, 0.5) is 4.39 Å². The van der Waals surface area contributed by atoms with Gasteiger partial charge >= 0.3 is 5.97 Å². The van der Waals surface area contributed by atoms with E-state index in [0.717, 1.165) is 12.3 Å². The molecule has 0 radical (unpaired) electrons. The van der Waals surface area contributed by atoms with Crippen molar-refractivity contribution in [1.29, 1.82) is 0 Å². The topological polar surface area (TPSA) is 79.3 Å². The molecule has 1 aliphatic carbocycles. The van der Waals surface area contributed by atoms with Crippen LogP contribution in [0.5, 0.6) is 0 Å². The number of aliphatic carboxylic acids is 1. The quantitative estimate of drug-likeness (QED) is 0.653. The van der Waals surface area contributed by atoms with Crippen molar-refractivity contribution in [2.24, 2.45) is 5.92 Å². The van der Waals surface area contributed by atoms with E-state index in [1.165, 1.54) is 6.08 Å². The second-order valence-corrected chi connectivity index (χ2v) is 4.50. The van der Waals surface area contributed by atoms with Crippen LogP contribution in [0.1, 0.15) is 16.8 Å². The highest BCUT2D eigenvalue weighted by Gasteiger charge is 2.26. The highest BCUT2D eigenvalue weighted by atomic mass is 35.5. The summed E-state index contributed by atoms with van der Waals surface area (Å²) in [5, 5.41) is 11.3. The zero-order valence-corrected chi connectivity index (χ0v) is 10.4. The van der Waals surface area contributed by atoms with Crippen molar-refractivity contribution in [3.63, 3.8) is 0 Å². The fraction of sp³-hybridized carbons (Fsp3) is 0.250. The molecule has 0 saturated carbocycles. The first-order valence-corrected chi connectivity index (χ1v) is 5.88. The third kappa shape index (κ3) is 3.08. The summed E-state index contributed by atoms with van der Waals surface area (Å²) in [6.07, 6.45) is 4.28. The number of rotatable bonds is 3. The van der Waals surface area contributed by atoms with Gasteiger partial charge in [0.05, 0.1) is 17.7 Å². The van der Waals surface area contributed by atoms with E-state index in [9.17, 15) is 14.0 Å². The number of nitrogens with zero attached hydrogens (tertiary/aromatic N) is 1. The minimum absolute atomic E-state index is 0.0751. The van der Waals surface area contributed by atoms with E-state index < -0.39 is 29.7 Å². The number of pyridine rings is 1. The summed E-state index contributed by atoms with van der Waals surface area (Å²) in [5.74, 6) is -2.82. The standard InChI is InChI=1S/C12H10ClFN2O3/c13-10-9(4-7(14)5-15-10)11(17)16-8-2-1-6(3-8)12(18)19/h1-2,4-6,8H,3H2,(H,16,17)(H,18,19). The molecule has 2 rings (SSSR count). The lowest BCUT2D eigenvalue weighted by Crippen LogP contribution is -2.33. The minimum atomic E-state index is -0.946. The van der Waals surface area contributed by atoms with Gasteiger partial charge in [-0.25, -0.2) is 9.37 Å². The number of nitrogens with one attached hydrogen (secondary N) is 1. The highest BCUT2D eigenvalue weighted by molar-refractivity contribution is 6.32. The summed E-state index contributed by atoms with van der Waals surface area (Å²) < 4.78 is 13.0. The maximum absolute atomic E-state index is 13.0. The van der Waals surface area contributed by atoms with E-state index in [1.807, 2.05) is 0 Å². The van der Waals surface area contributed by atoms with Gasteiger partial charge in [0.2, 0.25) is 0 Å². The third-order valence-corrected chi connectivity index (χ3v) is 3.07. The number of halogens is 2. The van der Waals surface area contributed by atoms with Crippen molar-refractivity contribution in [3.05, 3.63) is 40.9 Å². The monoisotopic (exact) mass is 284 g/mol. The molecule has 0 bridgehead atoms. The van der Waals surface area contributed by atoms with Crippen molar-refractivity contribution >= 4 is 23.5 Å². The smallest absolute Gasteiger partial charge is 0.310 e. The molecule has 2 unspecified atom stereocenters. The molecule has 2 N–H and O–H groups in total. The fourth-order valence-corrected chi connectivity index (χ4v) is 2.01. The maximum Gasteiger partial charge on any atom is 0.310 e. The number of hydrogen-bond donors (Lipinski definition) is 2. The summed E-state index contributed by atoms with van der Waals surface area (Å²) in [6, 6.07) is 0.575. The van der Waals surface area contributed by atoms with Crippen LogP contribution in [0, 0.1) is 11.7 Å². The van der Waals surface area contributed by atoms with Gasteiger partial charge in [-0.05, 0) is 12.5 Å². The summed E-state index contributed by atoms with van der Waals surface area (Å²) in [4.78, 5) is 26.2. The second-order valence-electron chi connectivity index (χ2n) is 4.14. The van der Waals surface area contributed by atoms with Gasteiger partial charge in [0.1, 0.15) is 11.0 Å². The van der Waals surface area contributed by atoms with Crippen molar-refractivity contribution in [2.75, 3.05) is 0 Å². The van der Waals surface area contributed by atoms with E-state index in [1.54, 1.807) is 6.08 Å². The Bertz CT molecular complexity index is 562. The second kappa shape index (κ2) is 5.36. The van der Waals surface area contributed by atoms with Gasteiger partial charge in [-0.2, -0.15) is 0 Å². The molecule has 5 nitrogen and oxygen atoms in total. The Morgan fingerprint density at radius 3 is 2.84 bits per heavy atom. The molecular formula is C12H10ClFN2O3. The summed E-state index contributed by atoms with van der Waals surface area (Å²) in [6.45, 7) is 0. The molecule has 1 aliphatic rings. The summed E-state index contributed by atoms with van der Waals surface area (Å²) in [7, 11) is 0. The van der Waals surface area contributed by atoms with Gasteiger partial charge in [0, 0.05) is 6.04 Å². The SMILES string of the molecule is O=C(NC1C=CC(C(=O)O)C1)c1cc(F)cnc1Cl. The summed E-state index contributed by atoms with van der Waals surface area (Å²) in [5.41, 5.74) is -0.0751. The number of carboxylic acids is 1. The first-order chi connectivity index (χ1) is 8.97. The van der Waals surface area contributed by atoms with Crippen molar-refractivity contribution in [2.45, 2.75) is 12.5 Å². The van der Waals surface area contributed by atoms with Crippen LogP contribution in [0.2, 0.25) is 5.15 Å². The average molecular weight is 285 g/mol. The Morgan fingerprint density at radius 2 is 2.21 bits per heavy atom. The first-order valence-electron chi connectivity index (χ1n) is 5.50. The van der Waals surface area contributed by atoms with Gasteiger partial charge in [-0.1, -0.05) is 23.8 Å². The molecule has 0 saturated heterocycles. The Labute approximate surface area is 113 Å². The van der Waals surface area contributed by atoms with Gasteiger partial charge in [-0.3, -0.25) is 9.59 Å². The largest absolute Gasteiger partial charge is 0.481 e. The predicted molar refractivity (Wildman–Crippen MR) is 65.3 cm³/mol. The molecule has 1 aromatic rings. The van der Waals surface area contributed by atoms with Crippen LogP contribution in [-0.2, 0) is 4.79 Å². The number of carbonyl (C=O) groups is 2. The number of carboxylic acid groups (broad SMARTS) is 1. The lowest BCUT2D eigenvalue weighted by molar-refractivity contribution is -0.140. The van der Waals surface area contributed by atoms with Gasteiger partial charge < -0.3 is 10.4 Å². The number of aromatic nitrogens is 1. The van der Waals surface area contributed by atoms with Gasteiger partial charge in [0.15, 0.2) is 0 Å². The molecule has 19 heavy (non-hydrogen) atoms. The molecule has 0 spiro atoms. The Morgan fingerprint density at radius 1 is 1.47 bits per heavy atom. The molecule has 0 aliphatic heterocycles. The Kier molecular flexibility index (Phi) is 3.80. The van der Waals surface area contributed by atoms with Gasteiger partial charge in [-0.15, -0.1) is 0 Å². The van der Waals surface area contributed by atoms with E-state index in [0.29, 0.717) is 0 Å². The number of carbonyl (C=O) groups excluding carboxylic acids is 1. The van der Waals surface area contributed by atoms with Crippen LogP contribution in [-0.4, -0.2) is 28.0 Å². The molecule has 100 valence electrons. The zero-order chi connectivity index (χ0) is 14.0. The Balaban J connectivity index is 2.05. The van der Waals surface area contributed by atoms with E-state index in [4.69, 9.17) is 16.7 Å².